The molecule has 1 aromatic carbocycles. The van der Waals surface area contributed by atoms with Crippen LogP contribution in [0.3, 0.4) is 0 Å². The van der Waals surface area contributed by atoms with Crippen LogP contribution in [0.5, 0.6) is 11.5 Å². The standard InChI is InChI=1S/C14H11ClO5/c1-8-10(2-3-17-8)14(16)18-6-9-4-11(15)13-12(5-9)19-7-20-13/h2-5H,6-7H2,1H3. The predicted octanol–water partition coefficient (Wildman–Crippen LogP) is 3.33. The van der Waals surface area contributed by atoms with Crippen LogP contribution in [-0.4, -0.2) is 12.8 Å². The molecule has 0 bridgehead atoms. The average Bonchev–Trinajstić information content (AvgIpc) is 3.04. The topological polar surface area (TPSA) is 57.9 Å². The summed E-state index contributed by atoms with van der Waals surface area (Å²) in [5.74, 6) is 1.17. The second kappa shape index (κ2) is 5.09. The first kappa shape index (κ1) is 12.9. The molecule has 0 atom stereocenters. The first-order chi connectivity index (χ1) is 9.65. The highest BCUT2D eigenvalue weighted by Crippen LogP contribution is 2.39. The molecule has 1 aliphatic heterocycles. The van der Waals surface area contributed by atoms with Crippen LogP contribution in [0.1, 0.15) is 21.7 Å². The highest BCUT2D eigenvalue weighted by Gasteiger charge is 2.19. The van der Waals surface area contributed by atoms with Gasteiger partial charge >= 0.3 is 5.97 Å². The van der Waals surface area contributed by atoms with Crippen molar-refractivity contribution in [2.75, 3.05) is 6.79 Å². The zero-order chi connectivity index (χ0) is 14.1. The first-order valence-electron chi connectivity index (χ1n) is 5.94. The third-order valence-corrected chi connectivity index (χ3v) is 3.22. The van der Waals surface area contributed by atoms with E-state index in [1.807, 2.05) is 0 Å². The van der Waals surface area contributed by atoms with Crippen LogP contribution in [-0.2, 0) is 11.3 Å². The largest absolute Gasteiger partial charge is 0.469 e. The zero-order valence-electron chi connectivity index (χ0n) is 10.6. The van der Waals surface area contributed by atoms with Crippen LogP contribution < -0.4 is 9.47 Å². The van der Waals surface area contributed by atoms with Gasteiger partial charge in [0.15, 0.2) is 11.5 Å². The summed E-state index contributed by atoms with van der Waals surface area (Å²) in [6.07, 6.45) is 1.45. The van der Waals surface area contributed by atoms with Crippen LogP contribution in [0.25, 0.3) is 0 Å². The Labute approximate surface area is 120 Å². The number of carbonyl (C=O) groups excluding carboxylic acids is 1. The van der Waals surface area contributed by atoms with Gasteiger partial charge in [-0.15, -0.1) is 0 Å². The van der Waals surface area contributed by atoms with E-state index in [9.17, 15) is 4.79 Å². The molecule has 2 aromatic rings. The van der Waals surface area contributed by atoms with E-state index in [1.54, 1.807) is 25.1 Å². The molecule has 3 rings (SSSR count). The molecular formula is C14H11ClO5. The maximum absolute atomic E-state index is 11.8. The monoisotopic (exact) mass is 294 g/mol. The van der Waals surface area contributed by atoms with Crippen molar-refractivity contribution >= 4 is 17.6 Å². The van der Waals surface area contributed by atoms with Crippen LogP contribution in [0.4, 0.5) is 0 Å². The summed E-state index contributed by atoms with van der Waals surface area (Å²) in [5, 5.41) is 0.436. The second-order valence-electron chi connectivity index (χ2n) is 4.28. The van der Waals surface area contributed by atoms with E-state index in [4.69, 9.17) is 30.2 Å². The van der Waals surface area contributed by atoms with E-state index in [0.717, 1.165) is 5.56 Å². The van der Waals surface area contributed by atoms with Gasteiger partial charge < -0.3 is 18.6 Å². The third-order valence-electron chi connectivity index (χ3n) is 2.94. The number of hydrogen-bond donors (Lipinski definition) is 0. The quantitative estimate of drug-likeness (QED) is 0.813. The van der Waals surface area contributed by atoms with Crippen LogP contribution in [0.2, 0.25) is 5.02 Å². The average molecular weight is 295 g/mol. The van der Waals surface area contributed by atoms with Crippen molar-refractivity contribution in [1.82, 2.24) is 0 Å². The third kappa shape index (κ3) is 2.32. The number of carbonyl (C=O) groups is 1. The molecule has 0 saturated carbocycles. The number of fused-ring (bicyclic) bond motifs is 1. The lowest BCUT2D eigenvalue weighted by Crippen LogP contribution is -2.05. The summed E-state index contributed by atoms with van der Waals surface area (Å²) in [6, 6.07) is 5.00. The Balaban J connectivity index is 1.72. The van der Waals surface area contributed by atoms with Gasteiger partial charge in [0, 0.05) is 0 Å². The Bertz CT molecular complexity index is 662. The number of ether oxygens (including phenoxy) is 3. The number of hydrogen-bond acceptors (Lipinski definition) is 5. The molecule has 5 nitrogen and oxygen atoms in total. The minimum atomic E-state index is -0.440. The molecule has 2 heterocycles. The Kier molecular flexibility index (Phi) is 3.28. The van der Waals surface area contributed by atoms with Crippen molar-refractivity contribution in [2.24, 2.45) is 0 Å². The molecule has 0 N–H and O–H groups in total. The summed E-state index contributed by atoms with van der Waals surface area (Å²) in [6.45, 7) is 1.94. The molecule has 104 valence electrons. The van der Waals surface area contributed by atoms with E-state index in [2.05, 4.69) is 0 Å². The van der Waals surface area contributed by atoms with Crippen LogP contribution >= 0.6 is 11.6 Å². The Hall–Kier alpha value is -2.14. The summed E-state index contributed by atoms with van der Waals surface area (Å²) in [4.78, 5) is 11.8. The number of furan rings is 1. The molecule has 0 saturated heterocycles. The van der Waals surface area contributed by atoms with Crippen molar-refractivity contribution in [3.8, 4) is 11.5 Å². The van der Waals surface area contributed by atoms with Gasteiger partial charge in [-0.25, -0.2) is 4.79 Å². The number of halogens is 1. The molecule has 20 heavy (non-hydrogen) atoms. The van der Waals surface area contributed by atoms with Gasteiger partial charge in [0.1, 0.15) is 17.9 Å². The number of benzene rings is 1. The van der Waals surface area contributed by atoms with E-state index in [0.29, 0.717) is 27.8 Å². The fourth-order valence-corrected chi connectivity index (χ4v) is 2.22. The summed E-state index contributed by atoms with van der Waals surface area (Å²) < 4.78 is 20.7. The zero-order valence-corrected chi connectivity index (χ0v) is 11.4. The summed E-state index contributed by atoms with van der Waals surface area (Å²) >= 11 is 6.05. The predicted molar refractivity (Wildman–Crippen MR) is 70.1 cm³/mol. The molecule has 6 heteroatoms. The Morgan fingerprint density at radius 3 is 3.00 bits per heavy atom. The van der Waals surface area contributed by atoms with Gasteiger partial charge in [0.25, 0.3) is 0 Å². The Morgan fingerprint density at radius 2 is 2.25 bits per heavy atom. The first-order valence-corrected chi connectivity index (χ1v) is 6.32. The lowest BCUT2D eigenvalue weighted by molar-refractivity contribution is 0.0470. The molecule has 0 radical (unpaired) electrons. The normalized spacial score (nSPS) is 12.5. The van der Waals surface area contributed by atoms with Gasteiger partial charge in [-0.05, 0) is 30.7 Å². The van der Waals surface area contributed by atoms with E-state index < -0.39 is 5.97 Å². The lowest BCUT2D eigenvalue weighted by atomic mass is 10.2. The minimum absolute atomic E-state index is 0.0970. The maximum atomic E-state index is 11.8. The number of rotatable bonds is 3. The fraction of sp³-hybridized carbons (Fsp3) is 0.214. The van der Waals surface area contributed by atoms with E-state index in [-0.39, 0.29) is 13.4 Å². The highest BCUT2D eigenvalue weighted by molar-refractivity contribution is 6.32. The van der Waals surface area contributed by atoms with Gasteiger partial charge in [0.2, 0.25) is 6.79 Å². The van der Waals surface area contributed by atoms with E-state index >= 15 is 0 Å². The molecule has 0 spiro atoms. The SMILES string of the molecule is Cc1occc1C(=O)OCc1cc(Cl)c2c(c1)OCO2. The number of aryl methyl sites for hydroxylation is 1. The minimum Gasteiger partial charge on any atom is -0.469 e. The molecule has 0 fully saturated rings. The van der Waals surface area contributed by atoms with Crippen LogP contribution in [0.15, 0.2) is 28.9 Å². The van der Waals surface area contributed by atoms with Gasteiger partial charge in [-0.3, -0.25) is 0 Å². The van der Waals surface area contributed by atoms with Crippen molar-refractivity contribution in [3.05, 3.63) is 46.4 Å². The molecule has 1 aromatic heterocycles. The summed E-state index contributed by atoms with van der Waals surface area (Å²) in [5.41, 5.74) is 1.14. The van der Waals surface area contributed by atoms with E-state index in [1.165, 1.54) is 6.26 Å². The van der Waals surface area contributed by atoms with Gasteiger partial charge in [-0.1, -0.05) is 11.6 Å². The molecule has 0 aliphatic carbocycles. The molecular weight excluding hydrogens is 284 g/mol. The Morgan fingerprint density at radius 1 is 1.40 bits per heavy atom. The van der Waals surface area contributed by atoms with Crippen molar-refractivity contribution in [2.45, 2.75) is 13.5 Å². The van der Waals surface area contributed by atoms with Gasteiger partial charge in [0.05, 0.1) is 11.3 Å². The lowest BCUT2D eigenvalue weighted by Gasteiger charge is -2.06. The summed E-state index contributed by atoms with van der Waals surface area (Å²) in [7, 11) is 0. The molecule has 0 amide bonds. The van der Waals surface area contributed by atoms with Crippen molar-refractivity contribution in [1.29, 1.82) is 0 Å². The van der Waals surface area contributed by atoms with Gasteiger partial charge in [-0.2, -0.15) is 0 Å². The van der Waals surface area contributed by atoms with Crippen LogP contribution in [0, 0.1) is 6.92 Å². The maximum Gasteiger partial charge on any atom is 0.342 e. The highest BCUT2D eigenvalue weighted by atomic mass is 35.5. The molecule has 0 unspecified atom stereocenters. The second-order valence-corrected chi connectivity index (χ2v) is 4.69. The molecule has 1 aliphatic rings. The number of esters is 1. The smallest absolute Gasteiger partial charge is 0.342 e. The fourth-order valence-electron chi connectivity index (χ4n) is 1.93. The van der Waals surface area contributed by atoms with Crippen molar-refractivity contribution in [3.63, 3.8) is 0 Å². The van der Waals surface area contributed by atoms with Crippen molar-refractivity contribution < 1.29 is 23.4 Å².